The van der Waals surface area contributed by atoms with Gasteiger partial charge in [-0.3, -0.25) is 5.32 Å². The van der Waals surface area contributed by atoms with E-state index < -0.39 is 0 Å². The number of nitrogens with two attached hydrogens (primary N) is 1. The highest BCUT2D eigenvalue weighted by molar-refractivity contribution is 6.30. The van der Waals surface area contributed by atoms with Crippen molar-refractivity contribution in [2.24, 2.45) is 5.90 Å². The Labute approximate surface area is 152 Å². The van der Waals surface area contributed by atoms with Gasteiger partial charge in [0, 0.05) is 11.2 Å². The Morgan fingerprint density at radius 2 is 1.84 bits per heavy atom. The van der Waals surface area contributed by atoms with Crippen molar-refractivity contribution in [2.75, 3.05) is 6.61 Å². The summed E-state index contributed by atoms with van der Waals surface area (Å²) in [6.45, 7) is 0.434. The maximum atomic E-state index is 6.03. The summed E-state index contributed by atoms with van der Waals surface area (Å²) in [7, 11) is 0. The van der Waals surface area contributed by atoms with Gasteiger partial charge in [-0.2, -0.15) is 0 Å². The summed E-state index contributed by atoms with van der Waals surface area (Å²) >= 11 is 6.03. The molecule has 2 heterocycles. The Morgan fingerprint density at radius 3 is 2.56 bits per heavy atom. The van der Waals surface area contributed by atoms with Crippen molar-refractivity contribution in [1.29, 1.82) is 0 Å². The average Bonchev–Trinajstić information content (AvgIpc) is 3.01. The standard InChI is InChI=1S/C20H20ClN3O/c21-17-9-6-15(7-10-17)20-18(13-25-22)24-12-16(8-11-19(24)23-20)14-4-2-1-3-5-14/h1-12,18-20,23H,13,22H2. The van der Waals surface area contributed by atoms with Gasteiger partial charge in [-0.25, -0.2) is 5.90 Å². The SMILES string of the molecule is NOCC1C(c2ccc(Cl)cc2)NC2C=CC(c3ccccc3)=CN21. The zero-order valence-electron chi connectivity index (χ0n) is 13.7. The number of allylic oxidation sites excluding steroid dienone is 2. The molecule has 0 aliphatic carbocycles. The van der Waals surface area contributed by atoms with E-state index in [4.69, 9.17) is 22.3 Å². The molecule has 0 bridgehead atoms. The van der Waals surface area contributed by atoms with Gasteiger partial charge in [-0.1, -0.05) is 60.1 Å². The summed E-state index contributed by atoms with van der Waals surface area (Å²) in [4.78, 5) is 7.32. The van der Waals surface area contributed by atoms with Crippen LogP contribution in [0.1, 0.15) is 17.2 Å². The Kier molecular flexibility index (Phi) is 4.59. The average molecular weight is 354 g/mol. The minimum Gasteiger partial charge on any atom is -0.351 e. The van der Waals surface area contributed by atoms with E-state index in [-0.39, 0.29) is 18.2 Å². The number of fused-ring (bicyclic) bond motifs is 1. The summed E-state index contributed by atoms with van der Waals surface area (Å²) in [5, 5.41) is 4.39. The molecule has 0 spiro atoms. The van der Waals surface area contributed by atoms with Gasteiger partial charge in [0.15, 0.2) is 0 Å². The van der Waals surface area contributed by atoms with Gasteiger partial charge in [0.05, 0.1) is 24.9 Å². The van der Waals surface area contributed by atoms with Gasteiger partial charge in [0.2, 0.25) is 0 Å². The molecule has 0 amide bonds. The lowest BCUT2D eigenvalue weighted by atomic mass is 10.00. The van der Waals surface area contributed by atoms with Crippen molar-refractivity contribution >= 4 is 17.2 Å². The lowest BCUT2D eigenvalue weighted by Crippen LogP contribution is -2.38. The van der Waals surface area contributed by atoms with Crippen LogP contribution in [0, 0.1) is 0 Å². The van der Waals surface area contributed by atoms with Crippen molar-refractivity contribution in [3.63, 3.8) is 0 Å². The maximum Gasteiger partial charge on any atom is 0.0995 e. The Balaban J connectivity index is 1.66. The van der Waals surface area contributed by atoms with Crippen LogP contribution in [0.4, 0.5) is 0 Å². The van der Waals surface area contributed by atoms with Crippen LogP contribution in [-0.4, -0.2) is 23.7 Å². The first kappa shape index (κ1) is 16.4. The van der Waals surface area contributed by atoms with Crippen LogP contribution in [0.2, 0.25) is 5.02 Å². The van der Waals surface area contributed by atoms with E-state index >= 15 is 0 Å². The second-order valence-electron chi connectivity index (χ2n) is 6.30. The third-order valence-electron chi connectivity index (χ3n) is 4.79. The van der Waals surface area contributed by atoms with Gasteiger partial charge < -0.3 is 9.74 Å². The fraction of sp³-hybridized carbons (Fsp3) is 0.200. The van der Waals surface area contributed by atoms with E-state index in [9.17, 15) is 0 Å². The smallest absolute Gasteiger partial charge is 0.0995 e. The topological polar surface area (TPSA) is 50.5 Å². The summed E-state index contributed by atoms with van der Waals surface area (Å²) < 4.78 is 0. The summed E-state index contributed by atoms with van der Waals surface area (Å²) in [5.74, 6) is 5.43. The van der Waals surface area contributed by atoms with Crippen molar-refractivity contribution in [2.45, 2.75) is 18.2 Å². The van der Waals surface area contributed by atoms with Crippen molar-refractivity contribution in [3.05, 3.63) is 89.1 Å². The molecular formula is C20H20ClN3O. The second-order valence-corrected chi connectivity index (χ2v) is 6.73. The molecule has 128 valence electrons. The predicted molar refractivity (Wildman–Crippen MR) is 100 cm³/mol. The highest BCUT2D eigenvalue weighted by atomic mass is 35.5. The van der Waals surface area contributed by atoms with Crippen LogP contribution in [0.5, 0.6) is 0 Å². The van der Waals surface area contributed by atoms with Gasteiger partial charge >= 0.3 is 0 Å². The van der Waals surface area contributed by atoms with Gasteiger partial charge in [-0.05, 0) is 34.9 Å². The quantitative estimate of drug-likeness (QED) is 0.826. The fourth-order valence-electron chi connectivity index (χ4n) is 3.56. The molecular weight excluding hydrogens is 334 g/mol. The van der Waals surface area contributed by atoms with Crippen LogP contribution in [0.3, 0.4) is 0 Å². The number of hydrogen-bond acceptors (Lipinski definition) is 4. The zero-order chi connectivity index (χ0) is 17.2. The number of benzene rings is 2. The summed E-state index contributed by atoms with van der Waals surface area (Å²) in [6, 6.07) is 18.5. The lowest BCUT2D eigenvalue weighted by molar-refractivity contribution is 0.0836. The van der Waals surface area contributed by atoms with E-state index in [1.54, 1.807) is 0 Å². The van der Waals surface area contributed by atoms with Crippen LogP contribution in [-0.2, 0) is 4.84 Å². The number of nitrogens with zero attached hydrogens (tertiary/aromatic N) is 1. The maximum absolute atomic E-state index is 6.03. The van der Waals surface area contributed by atoms with E-state index in [0.717, 1.165) is 5.02 Å². The summed E-state index contributed by atoms with van der Waals surface area (Å²) in [5.41, 5.74) is 3.54. The van der Waals surface area contributed by atoms with Crippen LogP contribution in [0.15, 0.2) is 72.9 Å². The molecule has 0 radical (unpaired) electrons. The van der Waals surface area contributed by atoms with Crippen LogP contribution < -0.4 is 11.2 Å². The lowest BCUT2D eigenvalue weighted by Gasteiger charge is -2.30. The highest BCUT2D eigenvalue weighted by Crippen LogP contribution is 2.35. The highest BCUT2D eigenvalue weighted by Gasteiger charge is 2.40. The molecule has 4 nitrogen and oxygen atoms in total. The van der Waals surface area contributed by atoms with Crippen molar-refractivity contribution in [1.82, 2.24) is 10.2 Å². The third-order valence-corrected chi connectivity index (χ3v) is 5.04. The molecule has 3 unspecified atom stereocenters. The molecule has 0 aromatic heterocycles. The Bertz CT molecular complexity index is 788. The molecule has 1 fully saturated rings. The number of rotatable bonds is 4. The Morgan fingerprint density at radius 1 is 1.08 bits per heavy atom. The number of halogens is 1. The zero-order valence-corrected chi connectivity index (χ0v) is 14.4. The fourth-order valence-corrected chi connectivity index (χ4v) is 3.69. The molecule has 2 aliphatic heterocycles. The molecule has 2 aromatic carbocycles. The van der Waals surface area contributed by atoms with Crippen molar-refractivity contribution < 1.29 is 4.84 Å². The first-order chi connectivity index (χ1) is 12.3. The molecule has 3 N–H and O–H groups in total. The number of nitrogens with one attached hydrogen (secondary N) is 1. The molecule has 2 aromatic rings. The van der Waals surface area contributed by atoms with Crippen LogP contribution >= 0.6 is 11.6 Å². The first-order valence-corrected chi connectivity index (χ1v) is 8.70. The minimum absolute atomic E-state index is 0.0971. The molecule has 0 saturated carbocycles. The molecule has 3 atom stereocenters. The molecule has 1 saturated heterocycles. The largest absolute Gasteiger partial charge is 0.351 e. The Hall–Kier alpha value is -2.11. The molecule has 25 heavy (non-hydrogen) atoms. The van der Waals surface area contributed by atoms with Gasteiger partial charge in [0.25, 0.3) is 0 Å². The van der Waals surface area contributed by atoms with Crippen molar-refractivity contribution in [3.8, 4) is 0 Å². The third kappa shape index (κ3) is 3.22. The van der Waals surface area contributed by atoms with Gasteiger partial charge in [0.1, 0.15) is 0 Å². The number of hydrogen-bond donors (Lipinski definition) is 2. The van der Waals surface area contributed by atoms with E-state index in [0.29, 0.717) is 6.61 Å². The minimum atomic E-state index is 0.0971. The van der Waals surface area contributed by atoms with E-state index in [1.165, 1.54) is 16.7 Å². The van der Waals surface area contributed by atoms with Crippen LogP contribution in [0.25, 0.3) is 5.57 Å². The second kappa shape index (κ2) is 7.02. The van der Waals surface area contributed by atoms with E-state index in [2.05, 4.69) is 52.8 Å². The van der Waals surface area contributed by atoms with E-state index in [1.807, 2.05) is 30.3 Å². The normalized spacial score (nSPS) is 25.0. The summed E-state index contributed by atoms with van der Waals surface area (Å²) in [6.07, 6.45) is 6.65. The molecule has 4 rings (SSSR count). The molecule has 2 aliphatic rings. The monoisotopic (exact) mass is 353 g/mol. The van der Waals surface area contributed by atoms with Gasteiger partial charge in [-0.15, -0.1) is 0 Å². The predicted octanol–water partition coefficient (Wildman–Crippen LogP) is 3.48. The molecule has 5 heteroatoms. The first-order valence-electron chi connectivity index (χ1n) is 8.32.